The van der Waals surface area contributed by atoms with E-state index in [-0.39, 0.29) is 0 Å². The van der Waals surface area contributed by atoms with Gasteiger partial charge in [-0.2, -0.15) is 0 Å². The molecule has 0 bridgehead atoms. The van der Waals surface area contributed by atoms with Crippen molar-refractivity contribution in [2.45, 2.75) is 12.6 Å². The average Bonchev–Trinajstić information content (AvgIpc) is 2.86. The van der Waals surface area contributed by atoms with Crippen LogP contribution in [0.1, 0.15) is 16.5 Å². The first-order chi connectivity index (χ1) is 9.33. The van der Waals surface area contributed by atoms with Crippen LogP contribution in [0.3, 0.4) is 0 Å². The van der Waals surface area contributed by atoms with Crippen molar-refractivity contribution >= 4 is 27.3 Å². The van der Waals surface area contributed by atoms with Crippen molar-refractivity contribution < 1.29 is 0 Å². The highest BCUT2D eigenvalue weighted by atomic mass is 79.9. The predicted molar refractivity (Wildman–Crippen MR) is 82.3 cm³/mol. The van der Waals surface area contributed by atoms with Crippen LogP contribution < -0.4 is 5.32 Å². The van der Waals surface area contributed by atoms with Gasteiger partial charge in [0.1, 0.15) is 0 Å². The second-order valence-electron chi connectivity index (χ2n) is 4.70. The highest BCUT2D eigenvalue weighted by Crippen LogP contribution is 2.27. The van der Waals surface area contributed by atoms with Crippen molar-refractivity contribution in [1.82, 2.24) is 15.2 Å². The van der Waals surface area contributed by atoms with Gasteiger partial charge in [0.05, 0.1) is 0 Å². The Morgan fingerprint density at radius 1 is 1.42 bits per heavy atom. The van der Waals surface area contributed by atoms with Crippen LogP contribution in [-0.4, -0.2) is 29.5 Å². The molecule has 0 amide bonds. The summed E-state index contributed by atoms with van der Waals surface area (Å²) < 4.78 is 1.18. The van der Waals surface area contributed by atoms with Gasteiger partial charge in [0, 0.05) is 59.3 Å². The molecule has 1 saturated heterocycles. The van der Waals surface area contributed by atoms with Crippen molar-refractivity contribution in [3.8, 4) is 0 Å². The third-order valence-corrected chi connectivity index (χ3v) is 5.11. The molecule has 1 unspecified atom stereocenters. The number of aromatic nitrogens is 1. The molecule has 1 fully saturated rings. The van der Waals surface area contributed by atoms with Crippen molar-refractivity contribution in [2.75, 3.05) is 19.6 Å². The van der Waals surface area contributed by atoms with Crippen LogP contribution in [0.4, 0.5) is 0 Å². The van der Waals surface area contributed by atoms with E-state index in [1.54, 1.807) is 0 Å². The number of thiophene rings is 1. The lowest BCUT2D eigenvalue weighted by molar-refractivity contribution is 0.155. The number of hydrogen-bond acceptors (Lipinski definition) is 4. The molecule has 2 aromatic rings. The van der Waals surface area contributed by atoms with Gasteiger partial charge in [-0.1, -0.05) is 0 Å². The Morgan fingerprint density at radius 2 is 2.26 bits per heavy atom. The Labute approximate surface area is 125 Å². The number of nitrogens with one attached hydrogen (secondary N) is 1. The molecule has 0 saturated carbocycles. The van der Waals surface area contributed by atoms with E-state index < -0.39 is 0 Å². The molecule has 1 N–H and O–H groups in total. The summed E-state index contributed by atoms with van der Waals surface area (Å²) in [5.41, 5.74) is 1.35. The molecule has 3 nitrogen and oxygen atoms in total. The fourth-order valence-corrected chi connectivity index (χ4v) is 3.96. The maximum Gasteiger partial charge on any atom is 0.0478 e. The van der Waals surface area contributed by atoms with Crippen molar-refractivity contribution in [2.24, 2.45) is 0 Å². The van der Waals surface area contributed by atoms with Crippen LogP contribution in [0, 0.1) is 0 Å². The van der Waals surface area contributed by atoms with E-state index in [9.17, 15) is 0 Å². The van der Waals surface area contributed by atoms with Crippen molar-refractivity contribution in [1.29, 1.82) is 0 Å². The number of pyridine rings is 1. The fraction of sp³-hybridized carbons (Fsp3) is 0.357. The second-order valence-corrected chi connectivity index (χ2v) is 6.61. The minimum Gasteiger partial charge on any atom is -0.314 e. The Morgan fingerprint density at radius 3 is 3.00 bits per heavy atom. The van der Waals surface area contributed by atoms with Crippen LogP contribution >= 0.6 is 27.3 Å². The van der Waals surface area contributed by atoms with E-state index in [0.717, 1.165) is 26.2 Å². The second kappa shape index (κ2) is 6.13. The highest BCUT2D eigenvalue weighted by Gasteiger charge is 2.23. The van der Waals surface area contributed by atoms with E-state index >= 15 is 0 Å². The summed E-state index contributed by atoms with van der Waals surface area (Å²) in [4.78, 5) is 8.07. The fourth-order valence-electron chi connectivity index (χ4n) is 2.49. The molecular formula is C14H16BrN3S. The number of rotatable bonds is 3. The Balaban J connectivity index is 1.77. The van der Waals surface area contributed by atoms with Gasteiger partial charge in [-0.3, -0.25) is 9.88 Å². The number of nitrogens with zero attached hydrogens (tertiary/aromatic N) is 2. The Bertz CT molecular complexity index is 528. The number of halogens is 1. The summed E-state index contributed by atoms with van der Waals surface area (Å²) in [6.45, 7) is 4.18. The molecule has 1 aliphatic rings. The van der Waals surface area contributed by atoms with E-state index in [1.165, 1.54) is 14.9 Å². The summed E-state index contributed by atoms with van der Waals surface area (Å²) in [6.07, 6.45) is 3.76. The maximum absolute atomic E-state index is 4.11. The normalized spacial score (nSPS) is 20.6. The van der Waals surface area contributed by atoms with Crippen LogP contribution in [0.15, 0.2) is 40.4 Å². The van der Waals surface area contributed by atoms with Crippen LogP contribution in [-0.2, 0) is 6.54 Å². The third kappa shape index (κ3) is 3.23. The zero-order chi connectivity index (χ0) is 13.1. The lowest BCUT2D eigenvalue weighted by Crippen LogP contribution is -2.45. The van der Waals surface area contributed by atoms with E-state index in [0.29, 0.717) is 6.04 Å². The van der Waals surface area contributed by atoms with Gasteiger partial charge in [-0.05, 0) is 39.7 Å². The standard InChI is InChI=1S/C14H16BrN3S/c15-12-7-13(19-10-12)9-18-6-5-17-8-14(18)11-1-3-16-4-2-11/h1-4,7,10,14,17H,5-6,8-9H2. The smallest absolute Gasteiger partial charge is 0.0478 e. The predicted octanol–water partition coefficient (Wildman–Crippen LogP) is 3.05. The molecule has 0 aliphatic carbocycles. The molecule has 19 heavy (non-hydrogen) atoms. The molecule has 3 rings (SSSR count). The minimum absolute atomic E-state index is 0.442. The summed E-state index contributed by atoms with van der Waals surface area (Å²) in [5, 5.41) is 5.64. The summed E-state index contributed by atoms with van der Waals surface area (Å²) in [7, 11) is 0. The summed E-state index contributed by atoms with van der Waals surface area (Å²) in [5.74, 6) is 0. The third-order valence-electron chi connectivity index (χ3n) is 3.43. The molecule has 0 radical (unpaired) electrons. The lowest BCUT2D eigenvalue weighted by atomic mass is 10.0. The van der Waals surface area contributed by atoms with E-state index in [1.807, 2.05) is 23.7 Å². The quantitative estimate of drug-likeness (QED) is 0.932. The molecule has 100 valence electrons. The first-order valence-electron chi connectivity index (χ1n) is 6.40. The van der Waals surface area contributed by atoms with Gasteiger partial charge in [0.2, 0.25) is 0 Å². The molecule has 1 aliphatic heterocycles. The average molecular weight is 338 g/mol. The lowest BCUT2D eigenvalue weighted by Gasteiger charge is -2.36. The Kier molecular flexibility index (Phi) is 4.28. The largest absolute Gasteiger partial charge is 0.314 e. The van der Waals surface area contributed by atoms with E-state index in [2.05, 4.69) is 54.7 Å². The van der Waals surface area contributed by atoms with Crippen LogP contribution in [0.2, 0.25) is 0 Å². The van der Waals surface area contributed by atoms with Gasteiger partial charge < -0.3 is 5.32 Å². The SMILES string of the molecule is Brc1csc(CN2CCNCC2c2ccncc2)c1. The Hall–Kier alpha value is -0.750. The molecule has 0 spiro atoms. The molecule has 3 heterocycles. The number of piperazine rings is 1. The van der Waals surface area contributed by atoms with E-state index in [4.69, 9.17) is 0 Å². The first-order valence-corrected chi connectivity index (χ1v) is 8.08. The van der Waals surface area contributed by atoms with Crippen LogP contribution in [0.5, 0.6) is 0 Å². The molecule has 5 heteroatoms. The van der Waals surface area contributed by atoms with Gasteiger partial charge in [-0.15, -0.1) is 11.3 Å². The van der Waals surface area contributed by atoms with Gasteiger partial charge in [-0.25, -0.2) is 0 Å². The van der Waals surface area contributed by atoms with Crippen LogP contribution in [0.25, 0.3) is 0 Å². The first kappa shape index (κ1) is 13.2. The highest BCUT2D eigenvalue weighted by molar-refractivity contribution is 9.10. The summed E-state index contributed by atoms with van der Waals surface area (Å²) >= 11 is 5.35. The zero-order valence-electron chi connectivity index (χ0n) is 10.6. The topological polar surface area (TPSA) is 28.2 Å². The van der Waals surface area contributed by atoms with Gasteiger partial charge in [0.25, 0.3) is 0 Å². The zero-order valence-corrected chi connectivity index (χ0v) is 13.0. The minimum atomic E-state index is 0.442. The number of hydrogen-bond donors (Lipinski definition) is 1. The van der Waals surface area contributed by atoms with Gasteiger partial charge in [0.15, 0.2) is 0 Å². The van der Waals surface area contributed by atoms with Gasteiger partial charge >= 0.3 is 0 Å². The van der Waals surface area contributed by atoms with Crippen molar-refractivity contribution in [3.05, 3.63) is 50.9 Å². The monoisotopic (exact) mass is 337 g/mol. The van der Waals surface area contributed by atoms with Crippen molar-refractivity contribution in [3.63, 3.8) is 0 Å². The molecule has 2 aromatic heterocycles. The summed E-state index contributed by atoms with van der Waals surface area (Å²) in [6, 6.07) is 6.90. The molecular weight excluding hydrogens is 322 g/mol. The maximum atomic E-state index is 4.11. The molecule has 0 aromatic carbocycles. The molecule has 1 atom stereocenters.